The fourth-order valence-corrected chi connectivity index (χ4v) is 4.41. The monoisotopic (exact) mass is 251 g/mol. The fraction of sp³-hybridized carbons (Fsp3) is 1.00. The average Bonchev–Trinajstić information content (AvgIpc) is 2.86. The number of hydrogen-bond donors (Lipinski definition) is 1. The van der Waals surface area contributed by atoms with Crippen LogP contribution in [0.3, 0.4) is 0 Å². The predicted molar refractivity (Wildman–Crippen MR) is 79.7 cm³/mol. The van der Waals surface area contributed by atoms with Gasteiger partial charge in [-0.05, 0) is 55.9 Å². The van der Waals surface area contributed by atoms with Gasteiger partial charge < -0.3 is 5.32 Å². The minimum absolute atomic E-state index is 0.832. The molecule has 0 radical (unpaired) electrons. The summed E-state index contributed by atoms with van der Waals surface area (Å²) in [6, 6.07) is 0.832. The van der Waals surface area contributed by atoms with Crippen molar-refractivity contribution < 1.29 is 0 Å². The van der Waals surface area contributed by atoms with Gasteiger partial charge in [0.1, 0.15) is 0 Å². The standard InChI is InChI=1S/C17H33N/c1-4-14-8-11-16(12-14)17(18-5-2)15-9-6-13(3)7-10-15/h13-18H,4-12H2,1-3H3. The summed E-state index contributed by atoms with van der Waals surface area (Å²) in [4.78, 5) is 0. The Kier molecular flexibility index (Phi) is 5.54. The third kappa shape index (κ3) is 3.50. The lowest BCUT2D eigenvalue weighted by molar-refractivity contribution is 0.183. The minimum atomic E-state index is 0.832. The first-order valence-electron chi connectivity index (χ1n) is 8.47. The second kappa shape index (κ2) is 6.93. The van der Waals surface area contributed by atoms with E-state index in [1.165, 1.54) is 51.4 Å². The van der Waals surface area contributed by atoms with Gasteiger partial charge in [0.05, 0.1) is 0 Å². The maximum atomic E-state index is 3.85. The number of hydrogen-bond acceptors (Lipinski definition) is 1. The highest BCUT2D eigenvalue weighted by molar-refractivity contribution is 4.90. The van der Waals surface area contributed by atoms with Gasteiger partial charge in [0, 0.05) is 6.04 Å². The van der Waals surface area contributed by atoms with Crippen LogP contribution >= 0.6 is 0 Å². The molecule has 1 heteroatoms. The van der Waals surface area contributed by atoms with Gasteiger partial charge in [0.15, 0.2) is 0 Å². The predicted octanol–water partition coefficient (Wildman–Crippen LogP) is 4.62. The first kappa shape index (κ1) is 14.4. The van der Waals surface area contributed by atoms with Crippen LogP contribution in [0, 0.1) is 23.7 Å². The minimum Gasteiger partial charge on any atom is -0.314 e. The smallest absolute Gasteiger partial charge is 0.0124 e. The lowest BCUT2D eigenvalue weighted by Gasteiger charge is -2.36. The molecule has 2 aliphatic rings. The molecule has 0 aromatic rings. The summed E-state index contributed by atoms with van der Waals surface area (Å²) in [5.41, 5.74) is 0. The summed E-state index contributed by atoms with van der Waals surface area (Å²) in [6.45, 7) is 8.24. The van der Waals surface area contributed by atoms with Crippen molar-refractivity contribution in [1.29, 1.82) is 0 Å². The van der Waals surface area contributed by atoms with Crippen LogP contribution in [0.4, 0.5) is 0 Å². The molecule has 0 bridgehead atoms. The molecule has 2 fully saturated rings. The third-order valence-electron chi connectivity index (χ3n) is 5.68. The zero-order valence-electron chi connectivity index (χ0n) is 12.8. The van der Waals surface area contributed by atoms with Crippen LogP contribution < -0.4 is 5.32 Å². The van der Waals surface area contributed by atoms with Crippen molar-refractivity contribution in [2.75, 3.05) is 6.54 Å². The molecule has 0 amide bonds. The molecule has 2 saturated carbocycles. The molecule has 0 aromatic carbocycles. The maximum absolute atomic E-state index is 3.85. The molecular formula is C17H33N. The van der Waals surface area contributed by atoms with E-state index in [2.05, 4.69) is 26.1 Å². The second-order valence-electron chi connectivity index (χ2n) is 6.95. The van der Waals surface area contributed by atoms with Gasteiger partial charge >= 0.3 is 0 Å². The first-order valence-corrected chi connectivity index (χ1v) is 8.47. The van der Waals surface area contributed by atoms with E-state index >= 15 is 0 Å². The van der Waals surface area contributed by atoms with E-state index in [4.69, 9.17) is 0 Å². The third-order valence-corrected chi connectivity index (χ3v) is 5.68. The quantitative estimate of drug-likeness (QED) is 0.752. The van der Waals surface area contributed by atoms with Crippen LogP contribution in [0.15, 0.2) is 0 Å². The van der Waals surface area contributed by atoms with Crippen molar-refractivity contribution in [3.05, 3.63) is 0 Å². The van der Waals surface area contributed by atoms with E-state index in [1.807, 2.05) is 0 Å². The van der Waals surface area contributed by atoms with Gasteiger partial charge in [-0.2, -0.15) is 0 Å². The summed E-state index contributed by atoms with van der Waals surface area (Å²) in [7, 11) is 0. The van der Waals surface area contributed by atoms with Crippen LogP contribution in [-0.2, 0) is 0 Å². The van der Waals surface area contributed by atoms with Crippen molar-refractivity contribution in [3.63, 3.8) is 0 Å². The summed E-state index contributed by atoms with van der Waals surface area (Å²) < 4.78 is 0. The van der Waals surface area contributed by atoms with Crippen LogP contribution in [-0.4, -0.2) is 12.6 Å². The summed E-state index contributed by atoms with van der Waals surface area (Å²) in [5, 5.41) is 3.85. The Morgan fingerprint density at radius 1 is 0.944 bits per heavy atom. The molecule has 1 N–H and O–H groups in total. The van der Waals surface area contributed by atoms with E-state index < -0.39 is 0 Å². The van der Waals surface area contributed by atoms with Crippen LogP contribution in [0.1, 0.15) is 72.1 Å². The SMILES string of the molecule is CCNC(C1CCC(C)CC1)C1CCC(CC)C1. The largest absolute Gasteiger partial charge is 0.314 e. The Labute approximate surface area is 114 Å². The van der Waals surface area contributed by atoms with Crippen molar-refractivity contribution >= 4 is 0 Å². The zero-order valence-corrected chi connectivity index (χ0v) is 12.8. The molecule has 18 heavy (non-hydrogen) atoms. The Bertz CT molecular complexity index is 228. The average molecular weight is 251 g/mol. The Hall–Kier alpha value is -0.0400. The highest BCUT2D eigenvalue weighted by Gasteiger charge is 2.35. The van der Waals surface area contributed by atoms with E-state index in [9.17, 15) is 0 Å². The number of nitrogens with one attached hydrogen (secondary N) is 1. The first-order chi connectivity index (χ1) is 8.74. The van der Waals surface area contributed by atoms with Crippen molar-refractivity contribution in [2.24, 2.45) is 23.7 Å². The van der Waals surface area contributed by atoms with Gasteiger partial charge in [-0.15, -0.1) is 0 Å². The summed E-state index contributed by atoms with van der Waals surface area (Å²) in [6.07, 6.45) is 11.8. The highest BCUT2D eigenvalue weighted by atomic mass is 14.9. The highest BCUT2D eigenvalue weighted by Crippen LogP contribution is 2.40. The molecule has 3 atom stereocenters. The lowest BCUT2D eigenvalue weighted by Crippen LogP contribution is -2.42. The van der Waals surface area contributed by atoms with Crippen LogP contribution in [0.2, 0.25) is 0 Å². The summed E-state index contributed by atoms with van der Waals surface area (Å²) >= 11 is 0. The molecular weight excluding hydrogens is 218 g/mol. The topological polar surface area (TPSA) is 12.0 Å². The second-order valence-corrected chi connectivity index (χ2v) is 6.95. The van der Waals surface area contributed by atoms with E-state index in [0.29, 0.717) is 0 Å². The zero-order chi connectivity index (χ0) is 13.0. The molecule has 106 valence electrons. The molecule has 3 unspecified atom stereocenters. The maximum Gasteiger partial charge on any atom is 0.0124 e. The normalized spacial score (nSPS) is 38.8. The van der Waals surface area contributed by atoms with Crippen molar-refractivity contribution in [1.82, 2.24) is 5.32 Å². The molecule has 0 saturated heterocycles. The van der Waals surface area contributed by atoms with Crippen molar-refractivity contribution in [2.45, 2.75) is 78.2 Å². The molecule has 0 aromatic heterocycles. The van der Waals surface area contributed by atoms with E-state index in [-0.39, 0.29) is 0 Å². The molecule has 1 nitrogen and oxygen atoms in total. The van der Waals surface area contributed by atoms with Gasteiger partial charge in [-0.1, -0.05) is 46.5 Å². The molecule has 0 heterocycles. The van der Waals surface area contributed by atoms with Gasteiger partial charge in [-0.25, -0.2) is 0 Å². The molecule has 0 aliphatic heterocycles. The number of rotatable bonds is 5. The Morgan fingerprint density at radius 2 is 1.61 bits per heavy atom. The van der Waals surface area contributed by atoms with Gasteiger partial charge in [0.2, 0.25) is 0 Å². The lowest BCUT2D eigenvalue weighted by atomic mass is 9.75. The molecule has 2 aliphatic carbocycles. The van der Waals surface area contributed by atoms with Gasteiger partial charge in [0.25, 0.3) is 0 Å². The summed E-state index contributed by atoms with van der Waals surface area (Å²) in [5.74, 6) is 3.96. The van der Waals surface area contributed by atoms with E-state index in [0.717, 1.165) is 36.3 Å². The Balaban J connectivity index is 1.91. The molecule has 2 rings (SSSR count). The van der Waals surface area contributed by atoms with Crippen LogP contribution in [0.5, 0.6) is 0 Å². The van der Waals surface area contributed by atoms with Crippen LogP contribution in [0.25, 0.3) is 0 Å². The molecule has 0 spiro atoms. The van der Waals surface area contributed by atoms with Crippen molar-refractivity contribution in [3.8, 4) is 0 Å². The fourth-order valence-electron chi connectivity index (χ4n) is 4.41. The Morgan fingerprint density at radius 3 is 2.17 bits per heavy atom. The van der Waals surface area contributed by atoms with E-state index in [1.54, 1.807) is 0 Å². The van der Waals surface area contributed by atoms with Gasteiger partial charge in [-0.3, -0.25) is 0 Å².